The number of benzene rings is 2. The molecule has 0 bridgehead atoms. The molecule has 0 radical (unpaired) electrons. The Hall–Kier alpha value is -3.62. The SMILES string of the molecule is CC(=O)c1ccc(NC(=O)C(C)Oc2ccc3c(C(F)(F)F)cc(=O)oc3c2)cc1. The van der Waals surface area contributed by atoms with Crippen LogP contribution in [0.2, 0.25) is 0 Å². The molecule has 0 aliphatic carbocycles. The maximum Gasteiger partial charge on any atom is 0.417 e. The Morgan fingerprint density at radius 2 is 1.73 bits per heavy atom. The van der Waals surface area contributed by atoms with E-state index in [0.29, 0.717) is 17.3 Å². The molecule has 1 amide bonds. The Labute approximate surface area is 168 Å². The molecule has 1 unspecified atom stereocenters. The fourth-order valence-electron chi connectivity index (χ4n) is 2.74. The maximum atomic E-state index is 13.1. The molecule has 0 fully saturated rings. The Morgan fingerprint density at radius 3 is 2.33 bits per heavy atom. The van der Waals surface area contributed by atoms with Gasteiger partial charge in [0.2, 0.25) is 0 Å². The second-order valence-corrected chi connectivity index (χ2v) is 6.52. The number of halogens is 3. The zero-order valence-electron chi connectivity index (χ0n) is 15.9. The summed E-state index contributed by atoms with van der Waals surface area (Å²) in [5, 5.41) is 2.31. The molecule has 0 aliphatic heterocycles. The second-order valence-electron chi connectivity index (χ2n) is 6.52. The summed E-state index contributed by atoms with van der Waals surface area (Å²) in [5.74, 6) is -0.572. The van der Waals surface area contributed by atoms with Crippen molar-refractivity contribution in [1.82, 2.24) is 0 Å². The molecule has 0 spiro atoms. The monoisotopic (exact) mass is 419 g/mol. The van der Waals surface area contributed by atoms with Gasteiger partial charge in [-0.05, 0) is 50.2 Å². The number of anilines is 1. The van der Waals surface area contributed by atoms with Gasteiger partial charge in [0.1, 0.15) is 11.3 Å². The fraction of sp³-hybridized carbons (Fsp3) is 0.190. The van der Waals surface area contributed by atoms with Gasteiger partial charge < -0.3 is 14.5 Å². The average Bonchev–Trinajstić information content (AvgIpc) is 2.66. The van der Waals surface area contributed by atoms with Gasteiger partial charge in [-0.1, -0.05) is 0 Å². The summed E-state index contributed by atoms with van der Waals surface area (Å²) in [6.45, 7) is 2.87. The van der Waals surface area contributed by atoms with Crippen molar-refractivity contribution in [2.45, 2.75) is 26.1 Å². The number of carbonyl (C=O) groups is 2. The molecule has 156 valence electrons. The Balaban J connectivity index is 1.77. The third-order valence-electron chi connectivity index (χ3n) is 4.26. The van der Waals surface area contributed by atoms with Crippen LogP contribution in [0.1, 0.15) is 29.8 Å². The van der Waals surface area contributed by atoms with Gasteiger partial charge >= 0.3 is 11.8 Å². The molecule has 0 saturated carbocycles. The third kappa shape index (κ3) is 4.68. The summed E-state index contributed by atoms with van der Waals surface area (Å²) in [7, 11) is 0. The van der Waals surface area contributed by atoms with Crippen molar-refractivity contribution in [3.8, 4) is 5.75 Å². The Bertz CT molecular complexity index is 1170. The van der Waals surface area contributed by atoms with E-state index in [1.54, 1.807) is 24.3 Å². The molecule has 3 aromatic rings. The van der Waals surface area contributed by atoms with Crippen LogP contribution in [-0.4, -0.2) is 17.8 Å². The van der Waals surface area contributed by atoms with Crippen molar-refractivity contribution in [1.29, 1.82) is 0 Å². The number of rotatable bonds is 5. The highest BCUT2D eigenvalue weighted by Gasteiger charge is 2.34. The van der Waals surface area contributed by atoms with Crippen LogP contribution in [0.3, 0.4) is 0 Å². The largest absolute Gasteiger partial charge is 0.481 e. The number of alkyl halides is 3. The number of hydrogen-bond acceptors (Lipinski definition) is 5. The third-order valence-corrected chi connectivity index (χ3v) is 4.26. The van der Waals surface area contributed by atoms with Crippen LogP contribution in [0.4, 0.5) is 18.9 Å². The first-order chi connectivity index (χ1) is 14.0. The van der Waals surface area contributed by atoms with Crippen molar-refractivity contribution in [3.63, 3.8) is 0 Å². The standard InChI is InChI=1S/C21H16F3NO5/c1-11(26)13-3-5-14(6-4-13)25-20(28)12(2)29-15-7-8-16-17(21(22,23)24)10-19(27)30-18(16)9-15/h3-10,12H,1-2H3,(H,25,28). The van der Waals surface area contributed by atoms with Crippen LogP contribution >= 0.6 is 0 Å². The van der Waals surface area contributed by atoms with E-state index >= 15 is 0 Å². The minimum absolute atomic E-state index is 0.0551. The van der Waals surface area contributed by atoms with E-state index in [1.807, 2.05) is 0 Å². The van der Waals surface area contributed by atoms with E-state index in [4.69, 9.17) is 9.15 Å². The van der Waals surface area contributed by atoms with E-state index in [1.165, 1.54) is 19.9 Å². The van der Waals surface area contributed by atoms with Crippen molar-refractivity contribution in [2.24, 2.45) is 0 Å². The zero-order chi connectivity index (χ0) is 22.1. The molecule has 6 nitrogen and oxygen atoms in total. The molecule has 2 aromatic carbocycles. The summed E-state index contributed by atoms with van der Waals surface area (Å²) in [4.78, 5) is 35.1. The Morgan fingerprint density at radius 1 is 1.07 bits per heavy atom. The summed E-state index contributed by atoms with van der Waals surface area (Å²) >= 11 is 0. The van der Waals surface area contributed by atoms with Gasteiger partial charge in [0, 0.05) is 28.8 Å². The first-order valence-corrected chi connectivity index (χ1v) is 8.78. The van der Waals surface area contributed by atoms with Gasteiger partial charge in [-0.15, -0.1) is 0 Å². The van der Waals surface area contributed by atoms with Gasteiger partial charge in [0.15, 0.2) is 11.9 Å². The number of hydrogen-bond donors (Lipinski definition) is 1. The van der Waals surface area contributed by atoms with Gasteiger partial charge in [-0.3, -0.25) is 9.59 Å². The van der Waals surface area contributed by atoms with E-state index in [2.05, 4.69) is 5.32 Å². The molecule has 1 heterocycles. The molecule has 0 aliphatic rings. The lowest BCUT2D eigenvalue weighted by molar-refractivity contribution is -0.136. The predicted octanol–water partition coefficient (Wildman–Crippen LogP) is 4.42. The smallest absolute Gasteiger partial charge is 0.417 e. The van der Waals surface area contributed by atoms with Crippen molar-refractivity contribution in [2.75, 3.05) is 5.32 Å². The molecule has 30 heavy (non-hydrogen) atoms. The molecule has 0 saturated heterocycles. The topological polar surface area (TPSA) is 85.6 Å². The number of amides is 1. The van der Waals surface area contributed by atoms with Gasteiger partial charge in [0.25, 0.3) is 5.91 Å². The van der Waals surface area contributed by atoms with Crippen LogP contribution in [0.5, 0.6) is 5.75 Å². The molecule has 1 atom stereocenters. The highest BCUT2D eigenvalue weighted by atomic mass is 19.4. The highest BCUT2D eigenvalue weighted by Crippen LogP contribution is 2.35. The van der Waals surface area contributed by atoms with Gasteiger partial charge in [-0.25, -0.2) is 4.79 Å². The summed E-state index contributed by atoms with van der Waals surface area (Å²) in [6, 6.07) is 10.1. The maximum absolute atomic E-state index is 13.1. The first-order valence-electron chi connectivity index (χ1n) is 8.78. The number of fused-ring (bicyclic) bond motifs is 1. The number of Topliss-reactive ketones (excluding diaryl/α,β-unsaturated/α-hetero) is 1. The van der Waals surface area contributed by atoms with Crippen molar-refractivity contribution < 1.29 is 31.9 Å². The number of ketones is 1. The average molecular weight is 419 g/mol. The van der Waals surface area contributed by atoms with Crippen LogP contribution in [-0.2, 0) is 11.0 Å². The normalized spacial score (nSPS) is 12.4. The molecular weight excluding hydrogens is 403 g/mol. The fourth-order valence-corrected chi connectivity index (χ4v) is 2.74. The summed E-state index contributed by atoms with van der Waals surface area (Å²) < 4.78 is 49.6. The molecular formula is C21H16F3NO5. The van der Waals surface area contributed by atoms with E-state index < -0.39 is 29.4 Å². The minimum atomic E-state index is -4.72. The van der Waals surface area contributed by atoms with E-state index in [-0.39, 0.29) is 22.5 Å². The lowest BCUT2D eigenvalue weighted by Gasteiger charge is -2.16. The lowest BCUT2D eigenvalue weighted by Crippen LogP contribution is -2.30. The summed E-state index contributed by atoms with van der Waals surface area (Å²) in [6.07, 6.45) is -5.73. The van der Waals surface area contributed by atoms with Crippen LogP contribution in [0.15, 0.2) is 57.7 Å². The highest BCUT2D eigenvalue weighted by molar-refractivity contribution is 5.96. The quantitative estimate of drug-likeness (QED) is 0.489. The van der Waals surface area contributed by atoms with Crippen LogP contribution < -0.4 is 15.7 Å². The van der Waals surface area contributed by atoms with E-state index in [0.717, 1.165) is 12.1 Å². The Kier molecular flexibility index (Phi) is 5.64. The zero-order valence-corrected chi connectivity index (χ0v) is 15.9. The number of ether oxygens (including phenoxy) is 1. The lowest BCUT2D eigenvalue weighted by atomic mass is 10.1. The molecule has 1 aromatic heterocycles. The molecule has 9 heteroatoms. The minimum Gasteiger partial charge on any atom is -0.481 e. The number of carbonyl (C=O) groups excluding carboxylic acids is 2. The van der Waals surface area contributed by atoms with Crippen molar-refractivity contribution in [3.05, 3.63) is 70.1 Å². The molecule has 3 rings (SSSR count). The predicted molar refractivity (Wildman–Crippen MR) is 103 cm³/mol. The van der Waals surface area contributed by atoms with Gasteiger partial charge in [-0.2, -0.15) is 13.2 Å². The first kappa shape index (κ1) is 21.1. The van der Waals surface area contributed by atoms with E-state index in [9.17, 15) is 27.6 Å². The summed E-state index contributed by atoms with van der Waals surface area (Å²) in [5.41, 5.74) is -1.63. The number of nitrogens with one attached hydrogen (secondary N) is 1. The second kappa shape index (κ2) is 8.02. The van der Waals surface area contributed by atoms with Gasteiger partial charge in [0.05, 0.1) is 5.56 Å². The van der Waals surface area contributed by atoms with Crippen LogP contribution in [0.25, 0.3) is 11.0 Å². The van der Waals surface area contributed by atoms with Crippen LogP contribution in [0, 0.1) is 0 Å². The van der Waals surface area contributed by atoms with Crippen molar-refractivity contribution >= 4 is 28.3 Å². The molecule has 1 N–H and O–H groups in total.